The molecule has 1 aromatic rings. The summed E-state index contributed by atoms with van der Waals surface area (Å²) in [4.78, 5) is 22.4. The summed E-state index contributed by atoms with van der Waals surface area (Å²) in [5.74, 6) is -1.35. The van der Waals surface area contributed by atoms with E-state index in [0.717, 1.165) is 11.7 Å². The van der Waals surface area contributed by atoms with Crippen LogP contribution in [0.15, 0.2) is 6.20 Å². The minimum absolute atomic E-state index is 0.153. The van der Waals surface area contributed by atoms with Crippen molar-refractivity contribution in [2.45, 2.75) is 26.3 Å². The first kappa shape index (κ1) is 12.6. The molecule has 0 aromatic carbocycles. The standard InChI is InChI=1S/C9H13N3O3S/c1-5(2)3-6(9(14)15)11-8(13)7-4-10-16-12-7/h4-6H,3H2,1-2H3,(H,11,13)(H,14,15)/t6-/m1/s1. The summed E-state index contributed by atoms with van der Waals surface area (Å²) in [5, 5.41) is 11.3. The van der Waals surface area contributed by atoms with Gasteiger partial charge in [-0.3, -0.25) is 4.79 Å². The van der Waals surface area contributed by atoms with Crippen molar-refractivity contribution in [3.63, 3.8) is 0 Å². The molecule has 1 heterocycles. The normalized spacial score (nSPS) is 12.4. The molecule has 1 amide bonds. The van der Waals surface area contributed by atoms with Gasteiger partial charge < -0.3 is 10.4 Å². The molecule has 0 aliphatic rings. The van der Waals surface area contributed by atoms with E-state index in [1.807, 2.05) is 13.8 Å². The van der Waals surface area contributed by atoms with Gasteiger partial charge in [0.15, 0.2) is 5.69 Å². The third kappa shape index (κ3) is 3.58. The van der Waals surface area contributed by atoms with E-state index in [1.54, 1.807) is 0 Å². The molecule has 88 valence electrons. The van der Waals surface area contributed by atoms with Crippen molar-refractivity contribution in [1.82, 2.24) is 14.1 Å². The molecule has 2 N–H and O–H groups in total. The molecular formula is C9H13N3O3S. The van der Waals surface area contributed by atoms with E-state index in [0.29, 0.717) is 6.42 Å². The largest absolute Gasteiger partial charge is 0.480 e. The maximum absolute atomic E-state index is 11.5. The fraction of sp³-hybridized carbons (Fsp3) is 0.556. The Balaban J connectivity index is 2.62. The zero-order valence-corrected chi connectivity index (χ0v) is 9.82. The third-order valence-corrected chi connectivity index (χ3v) is 2.38. The summed E-state index contributed by atoms with van der Waals surface area (Å²) < 4.78 is 7.41. The zero-order chi connectivity index (χ0) is 12.1. The Morgan fingerprint density at radius 3 is 2.69 bits per heavy atom. The highest BCUT2D eigenvalue weighted by molar-refractivity contribution is 6.99. The minimum Gasteiger partial charge on any atom is -0.480 e. The van der Waals surface area contributed by atoms with Crippen molar-refractivity contribution in [2.75, 3.05) is 0 Å². The molecule has 16 heavy (non-hydrogen) atoms. The van der Waals surface area contributed by atoms with Gasteiger partial charge in [0, 0.05) is 0 Å². The molecule has 0 aliphatic heterocycles. The topological polar surface area (TPSA) is 92.2 Å². The van der Waals surface area contributed by atoms with Gasteiger partial charge in [0.2, 0.25) is 0 Å². The van der Waals surface area contributed by atoms with E-state index >= 15 is 0 Å². The highest BCUT2D eigenvalue weighted by Gasteiger charge is 2.22. The maximum Gasteiger partial charge on any atom is 0.326 e. The molecule has 0 saturated heterocycles. The highest BCUT2D eigenvalue weighted by Crippen LogP contribution is 2.06. The van der Waals surface area contributed by atoms with E-state index in [4.69, 9.17) is 5.11 Å². The molecule has 1 atom stereocenters. The Morgan fingerprint density at radius 1 is 1.56 bits per heavy atom. The van der Waals surface area contributed by atoms with Crippen LogP contribution in [0.1, 0.15) is 30.8 Å². The Kier molecular flexibility index (Phi) is 4.36. The van der Waals surface area contributed by atoms with Crippen molar-refractivity contribution in [2.24, 2.45) is 5.92 Å². The van der Waals surface area contributed by atoms with Gasteiger partial charge >= 0.3 is 5.97 Å². The van der Waals surface area contributed by atoms with Gasteiger partial charge in [-0.1, -0.05) is 13.8 Å². The molecule has 0 spiro atoms. The maximum atomic E-state index is 11.5. The number of aliphatic carboxylic acids is 1. The van der Waals surface area contributed by atoms with Crippen LogP contribution in [0.5, 0.6) is 0 Å². The minimum atomic E-state index is -1.04. The number of carboxylic acid groups (broad SMARTS) is 1. The van der Waals surface area contributed by atoms with Gasteiger partial charge in [0.25, 0.3) is 5.91 Å². The summed E-state index contributed by atoms with van der Waals surface area (Å²) in [6.07, 6.45) is 1.70. The van der Waals surface area contributed by atoms with Crippen molar-refractivity contribution in [3.05, 3.63) is 11.9 Å². The first-order chi connectivity index (χ1) is 7.50. The van der Waals surface area contributed by atoms with Crippen LogP contribution in [0, 0.1) is 5.92 Å². The van der Waals surface area contributed by atoms with E-state index in [2.05, 4.69) is 14.1 Å². The fourth-order valence-electron chi connectivity index (χ4n) is 1.19. The average molecular weight is 243 g/mol. The zero-order valence-electron chi connectivity index (χ0n) is 9.01. The Hall–Kier alpha value is -1.50. The van der Waals surface area contributed by atoms with Gasteiger partial charge in [0.05, 0.1) is 17.9 Å². The van der Waals surface area contributed by atoms with Crippen molar-refractivity contribution < 1.29 is 14.7 Å². The van der Waals surface area contributed by atoms with Gasteiger partial charge in [-0.25, -0.2) is 4.79 Å². The number of rotatable bonds is 5. The third-order valence-electron chi connectivity index (χ3n) is 1.90. The molecule has 7 heteroatoms. The van der Waals surface area contributed by atoms with Gasteiger partial charge in [0.1, 0.15) is 6.04 Å². The van der Waals surface area contributed by atoms with Crippen molar-refractivity contribution in [3.8, 4) is 0 Å². The summed E-state index contributed by atoms with van der Waals surface area (Å²) in [6, 6.07) is -0.880. The highest BCUT2D eigenvalue weighted by atomic mass is 32.1. The quantitative estimate of drug-likeness (QED) is 0.796. The van der Waals surface area contributed by atoms with Crippen LogP contribution in [0.2, 0.25) is 0 Å². The van der Waals surface area contributed by atoms with Crippen LogP contribution in [0.25, 0.3) is 0 Å². The second-order valence-corrected chi connectivity index (χ2v) is 4.34. The number of hydrogen-bond donors (Lipinski definition) is 2. The first-order valence-corrected chi connectivity index (χ1v) is 5.55. The molecule has 0 unspecified atom stereocenters. The van der Waals surface area contributed by atoms with Crippen molar-refractivity contribution in [1.29, 1.82) is 0 Å². The number of nitrogens with zero attached hydrogens (tertiary/aromatic N) is 2. The number of hydrogen-bond acceptors (Lipinski definition) is 5. The summed E-state index contributed by atoms with van der Waals surface area (Å²) in [6.45, 7) is 3.79. The van der Waals surface area contributed by atoms with E-state index in [1.165, 1.54) is 6.20 Å². The van der Waals surface area contributed by atoms with Gasteiger partial charge in [-0.2, -0.15) is 8.75 Å². The number of carbonyl (C=O) groups is 2. The average Bonchev–Trinajstić information content (AvgIpc) is 2.68. The predicted octanol–water partition coefficient (Wildman–Crippen LogP) is 0.767. The van der Waals surface area contributed by atoms with E-state index < -0.39 is 17.9 Å². The molecule has 0 saturated carbocycles. The SMILES string of the molecule is CC(C)C[C@@H](NC(=O)c1cnsn1)C(=O)O. The Bertz CT molecular complexity index is 364. The Morgan fingerprint density at radius 2 is 2.25 bits per heavy atom. The molecule has 0 fully saturated rings. The van der Waals surface area contributed by atoms with E-state index in [-0.39, 0.29) is 11.6 Å². The van der Waals surface area contributed by atoms with E-state index in [9.17, 15) is 9.59 Å². The molecule has 1 rings (SSSR count). The lowest BCUT2D eigenvalue weighted by molar-refractivity contribution is -0.139. The number of amides is 1. The molecule has 1 aromatic heterocycles. The smallest absolute Gasteiger partial charge is 0.326 e. The van der Waals surface area contributed by atoms with Crippen LogP contribution in [-0.2, 0) is 4.79 Å². The monoisotopic (exact) mass is 243 g/mol. The predicted molar refractivity (Wildman–Crippen MR) is 58.3 cm³/mol. The van der Waals surface area contributed by atoms with Gasteiger partial charge in [-0.05, 0) is 12.3 Å². The molecular weight excluding hydrogens is 230 g/mol. The van der Waals surface area contributed by atoms with Crippen molar-refractivity contribution >= 4 is 23.6 Å². The lowest BCUT2D eigenvalue weighted by Gasteiger charge is -2.15. The molecule has 0 aliphatic carbocycles. The number of nitrogens with one attached hydrogen (secondary N) is 1. The van der Waals surface area contributed by atoms with Crippen LogP contribution in [-0.4, -0.2) is 31.8 Å². The lowest BCUT2D eigenvalue weighted by Crippen LogP contribution is -2.41. The molecule has 0 radical (unpaired) electrons. The van der Waals surface area contributed by atoms with Crippen LogP contribution < -0.4 is 5.32 Å². The lowest BCUT2D eigenvalue weighted by atomic mass is 10.0. The number of aromatic nitrogens is 2. The summed E-state index contributed by atoms with van der Waals surface area (Å²) in [5.41, 5.74) is 0.153. The Labute approximate surface area is 97.0 Å². The van der Waals surface area contributed by atoms with Crippen LogP contribution in [0.3, 0.4) is 0 Å². The van der Waals surface area contributed by atoms with Gasteiger partial charge in [-0.15, -0.1) is 0 Å². The summed E-state index contributed by atoms with van der Waals surface area (Å²) in [7, 11) is 0. The number of carbonyl (C=O) groups excluding carboxylic acids is 1. The second-order valence-electron chi connectivity index (χ2n) is 3.79. The van der Waals surface area contributed by atoms with Crippen LogP contribution in [0.4, 0.5) is 0 Å². The first-order valence-electron chi connectivity index (χ1n) is 4.82. The summed E-state index contributed by atoms with van der Waals surface area (Å²) >= 11 is 0.909. The molecule has 0 bridgehead atoms. The second kappa shape index (κ2) is 5.55. The fourth-order valence-corrected chi connectivity index (χ4v) is 1.60. The molecule has 6 nitrogen and oxygen atoms in total. The number of carboxylic acids is 1. The van der Waals surface area contributed by atoms with Crippen LogP contribution >= 0.6 is 11.7 Å².